The van der Waals surface area contributed by atoms with E-state index >= 15 is 0 Å². The highest BCUT2D eigenvalue weighted by molar-refractivity contribution is 5.95. The van der Waals surface area contributed by atoms with E-state index in [-0.39, 0.29) is 5.91 Å². The molecule has 0 saturated heterocycles. The first-order chi connectivity index (χ1) is 8.99. The molecule has 0 radical (unpaired) electrons. The quantitative estimate of drug-likeness (QED) is 0.879. The van der Waals surface area contributed by atoms with Crippen LogP contribution in [0.1, 0.15) is 30.4 Å². The van der Waals surface area contributed by atoms with Crippen LogP contribution in [-0.4, -0.2) is 17.0 Å². The van der Waals surface area contributed by atoms with E-state index in [9.17, 15) is 9.59 Å². The molecule has 0 spiro atoms. The first kappa shape index (κ1) is 13.6. The number of carboxylic acid groups (broad SMARTS) is 1. The zero-order valence-electron chi connectivity index (χ0n) is 11.3. The van der Waals surface area contributed by atoms with Crippen molar-refractivity contribution in [2.24, 2.45) is 11.8 Å². The molecule has 4 nitrogen and oxygen atoms in total. The van der Waals surface area contributed by atoms with Gasteiger partial charge in [-0.05, 0) is 49.9 Å². The molecule has 1 fully saturated rings. The van der Waals surface area contributed by atoms with Gasteiger partial charge in [0.25, 0.3) is 0 Å². The van der Waals surface area contributed by atoms with Gasteiger partial charge in [0, 0.05) is 5.69 Å². The zero-order valence-corrected chi connectivity index (χ0v) is 11.3. The molecule has 1 aliphatic rings. The van der Waals surface area contributed by atoms with E-state index in [2.05, 4.69) is 5.32 Å². The van der Waals surface area contributed by atoms with Gasteiger partial charge in [-0.15, -0.1) is 0 Å². The van der Waals surface area contributed by atoms with Crippen molar-refractivity contribution in [1.29, 1.82) is 0 Å². The van der Waals surface area contributed by atoms with Crippen molar-refractivity contribution in [3.8, 4) is 0 Å². The maximum Gasteiger partial charge on any atom is 0.307 e. The topological polar surface area (TPSA) is 66.4 Å². The summed E-state index contributed by atoms with van der Waals surface area (Å²) in [5.74, 6) is -1.98. The van der Waals surface area contributed by atoms with Gasteiger partial charge in [-0.25, -0.2) is 0 Å². The maximum absolute atomic E-state index is 12.2. The van der Waals surface area contributed by atoms with Crippen molar-refractivity contribution in [3.05, 3.63) is 29.3 Å². The first-order valence-corrected chi connectivity index (χ1v) is 6.60. The summed E-state index contributed by atoms with van der Waals surface area (Å²) in [7, 11) is 0. The summed E-state index contributed by atoms with van der Waals surface area (Å²) in [4.78, 5) is 23.2. The van der Waals surface area contributed by atoms with E-state index in [1.165, 1.54) is 5.56 Å². The number of anilines is 1. The van der Waals surface area contributed by atoms with E-state index in [4.69, 9.17) is 5.11 Å². The molecule has 1 saturated carbocycles. The van der Waals surface area contributed by atoms with Crippen molar-refractivity contribution in [3.63, 3.8) is 0 Å². The van der Waals surface area contributed by atoms with E-state index < -0.39 is 17.8 Å². The van der Waals surface area contributed by atoms with Gasteiger partial charge >= 0.3 is 5.97 Å². The van der Waals surface area contributed by atoms with E-state index in [0.29, 0.717) is 12.8 Å². The average molecular weight is 261 g/mol. The van der Waals surface area contributed by atoms with Crippen molar-refractivity contribution < 1.29 is 14.7 Å². The summed E-state index contributed by atoms with van der Waals surface area (Å²) < 4.78 is 0. The zero-order chi connectivity index (χ0) is 14.0. The summed E-state index contributed by atoms with van der Waals surface area (Å²) in [5, 5.41) is 11.9. The lowest BCUT2D eigenvalue weighted by molar-refractivity contribution is -0.145. The fourth-order valence-corrected chi connectivity index (χ4v) is 2.62. The van der Waals surface area contributed by atoms with Crippen LogP contribution in [0.15, 0.2) is 18.2 Å². The number of benzene rings is 1. The largest absolute Gasteiger partial charge is 0.481 e. The maximum atomic E-state index is 12.2. The number of hydrogen-bond acceptors (Lipinski definition) is 2. The van der Waals surface area contributed by atoms with Crippen molar-refractivity contribution in [2.75, 3.05) is 5.32 Å². The molecule has 1 aromatic carbocycles. The van der Waals surface area contributed by atoms with Crippen LogP contribution in [0.3, 0.4) is 0 Å². The summed E-state index contributed by atoms with van der Waals surface area (Å²) in [5.41, 5.74) is 3.02. The molecule has 0 unspecified atom stereocenters. The summed E-state index contributed by atoms with van der Waals surface area (Å²) in [6.45, 7) is 4.00. The number of nitrogens with one attached hydrogen (secondary N) is 1. The third kappa shape index (κ3) is 2.95. The Morgan fingerprint density at radius 1 is 1.16 bits per heavy atom. The Balaban J connectivity index is 2.08. The minimum absolute atomic E-state index is 0.173. The van der Waals surface area contributed by atoms with Crippen LogP contribution in [-0.2, 0) is 9.59 Å². The standard InChI is InChI=1S/C15H19NO3/c1-9-6-7-11(8-10(9)2)16-14(17)12-4-3-5-13(12)15(18)19/h6-8,12-13H,3-5H2,1-2H3,(H,16,17)(H,18,19)/t12-,13+/m1/s1. The number of aryl methyl sites for hydroxylation is 2. The fourth-order valence-electron chi connectivity index (χ4n) is 2.62. The highest BCUT2D eigenvalue weighted by atomic mass is 16.4. The monoisotopic (exact) mass is 261 g/mol. The van der Waals surface area contributed by atoms with Crippen LogP contribution in [0.4, 0.5) is 5.69 Å². The molecule has 1 amide bonds. The second-order valence-electron chi connectivity index (χ2n) is 5.27. The Hall–Kier alpha value is -1.84. The van der Waals surface area contributed by atoms with E-state index in [0.717, 1.165) is 17.7 Å². The molecule has 0 aliphatic heterocycles. The number of carbonyl (C=O) groups is 2. The molecule has 2 N–H and O–H groups in total. The van der Waals surface area contributed by atoms with Gasteiger partial charge < -0.3 is 10.4 Å². The van der Waals surface area contributed by atoms with Crippen LogP contribution >= 0.6 is 0 Å². The molecule has 1 aromatic rings. The lowest BCUT2D eigenvalue weighted by Crippen LogP contribution is -2.30. The molecule has 2 rings (SSSR count). The van der Waals surface area contributed by atoms with Gasteiger partial charge in [-0.1, -0.05) is 12.5 Å². The van der Waals surface area contributed by atoms with E-state index in [1.54, 1.807) is 0 Å². The summed E-state index contributed by atoms with van der Waals surface area (Å²) >= 11 is 0. The molecule has 102 valence electrons. The van der Waals surface area contributed by atoms with E-state index in [1.807, 2.05) is 32.0 Å². The van der Waals surface area contributed by atoms with Crippen LogP contribution < -0.4 is 5.32 Å². The summed E-state index contributed by atoms with van der Waals surface area (Å²) in [6.07, 6.45) is 2.07. The molecular weight excluding hydrogens is 242 g/mol. The average Bonchev–Trinajstić information content (AvgIpc) is 2.83. The van der Waals surface area contributed by atoms with Gasteiger partial charge in [0.2, 0.25) is 5.91 Å². The number of rotatable bonds is 3. The normalized spacial score (nSPS) is 22.2. The minimum Gasteiger partial charge on any atom is -0.481 e. The van der Waals surface area contributed by atoms with Crippen LogP contribution in [0.5, 0.6) is 0 Å². The Labute approximate surface area is 112 Å². The second kappa shape index (κ2) is 5.43. The molecule has 0 bridgehead atoms. The number of aliphatic carboxylic acids is 1. The number of amides is 1. The predicted octanol–water partition coefficient (Wildman–Crippen LogP) is 2.74. The second-order valence-corrected chi connectivity index (χ2v) is 5.27. The molecule has 0 aromatic heterocycles. The molecule has 0 heterocycles. The van der Waals surface area contributed by atoms with Crippen LogP contribution in [0.2, 0.25) is 0 Å². The highest BCUT2D eigenvalue weighted by Gasteiger charge is 2.37. The van der Waals surface area contributed by atoms with Gasteiger partial charge in [0.1, 0.15) is 0 Å². The Morgan fingerprint density at radius 3 is 2.47 bits per heavy atom. The predicted molar refractivity (Wildman–Crippen MR) is 73.0 cm³/mol. The molecule has 1 aliphatic carbocycles. The van der Waals surface area contributed by atoms with Crippen LogP contribution in [0, 0.1) is 25.7 Å². The molecule has 2 atom stereocenters. The van der Waals surface area contributed by atoms with Crippen molar-refractivity contribution in [2.45, 2.75) is 33.1 Å². The Morgan fingerprint density at radius 2 is 1.84 bits per heavy atom. The van der Waals surface area contributed by atoms with Crippen molar-refractivity contribution >= 4 is 17.6 Å². The van der Waals surface area contributed by atoms with Crippen molar-refractivity contribution in [1.82, 2.24) is 0 Å². The third-order valence-electron chi connectivity index (χ3n) is 3.94. The smallest absolute Gasteiger partial charge is 0.307 e. The number of carbonyl (C=O) groups excluding carboxylic acids is 1. The minimum atomic E-state index is -0.863. The molecular formula is C15H19NO3. The van der Waals surface area contributed by atoms with Gasteiger partial charge in [0.05, 0.1) is 11.8 Å². The Bertz CT molecular complexity index is 510. The fraction of sp³-hybridized carbons (Fsp3) is 0.467. The van der Waals surface area contributed by atoms with Gasteiger partial charge in [0.15, 0.2) is 0 Å². The molecule has 4 heteroatoms. The SMILES string of the molecule is Cc1ccc(NC(=O)[C@@H]2CCC[C@@H]2C(=O)O)cc1C. The highest BCUT2D eigenvalue weighted by Crippen LogP contribution is 2.33. The van der Waals surface area contributed by atoms with Crippen LogP contribution in [0.25, 0.3) is 0 Å². The van der Waals surface area contributed by atoms with Gasteiger partial charge in [-0.3, -0.25) is 9.59 Å². The lowest BCUT2D eigenvalue weighted by atomic mass is 9.95. The lowest BCUT2D eigenvalue weighted by Gasteiger charge is -2.16. The number of hydrogen-bond donors (Lipinski definition) is 2. The third-order valence-corrected chi connectivity index (χ3v) is 3.94. The Kier molecular flexibility index (Phi) is 3.88. The molecule has 19 heavy (non-hydrogen) atoms. The number of carboxylic acids is 1. The first-order valence-electron chi connectivity index (χ1n) is 6.60. The summed E-state index contributed by atoms with van der Waals surface area (Å²) in [6, 6.07) is 5.72. The van der Waals surface area contributed by atoms with Gasteiger partial charge in [-0.2, -0.15) is 0 Å².